The minimum absolute atomic E-state index is 0.0314. The van der Waals surface area contributed by atoms with Gasteiger partial charge in [-0.3, -0.25) is 4.79 Å². The first-order valence-electron chi connectivity index (χ1n) is 6.69. The van der Waals surface area contributed by atoms with Crippen LogP contribution in [-0.4, -0.2) is 17.3 Å². The van der Waals surface area contributed by atoms with Crippen LogP contribution in [0.15, 0.2) is 28.7 Å². The van der Waals surface area contributed by atoms with Gasteiger partial charge in [-0.25, -0.2) is 0 Å². The van der Waals surface area contributed by atoms with Gasteiger partial charge >= 0.3 is 0 Å². The highest BCUT2D eigenvalue weighted by molar-refractivity contribution is 9.10. The van der Waals surface area contributed by atoms with E-state index in [1.165, 1.54) is 6.42 Å². The fourth-order valence-electron chi connectivity index (χ4n) is 2.87. The summed E-state index contributed by atoms with van der Waals surface area (Å²) in [7, 11) is 0. The number of rotatable bonds is 3. The van der Waals surface area contributed by atoms with Crippen molar-refractivity contribution < 1.29 is 4.79 Å². The molecule has 2 atom stereocenters. The summed E-state index contributed by atoms with van der Waals surface area (Å²) in [5, 5.41) is 3.16. The molecule has 0 aromatic heterocycles. The lowest BCUT2D eigenvalue weighted by atomic mass is 9.77. The molecule has 0 aliphatic heterocycles. The van der Waals surface area contributed by atoms with Crippen LogP contribution >= 0.6 is 27.5 Å². The molecule has 0 radical (unpaired) electrons. The van der Waals surface area contributed by atoms with Gasteiger partial charge in [-0.15, -0.1) is 11.6 Å². The molecule has 4 heteroatoms. The summed E-state index contributed by atoms with van der Waals surface area (Å²) in [5.41, 5.74) is 0.440. The number of carbonyl (C=O) groups is 1. The third kappa shape index (κ3) is 3.73. The second-order valence-electron chi connectivity index (χ2n) is 5.58. The largest absolute Gasteiger partial charge is 0.345 e. The summed E-state index contributed by atoms with van der Waals surface area (Å²) >= 11 is 9.53. The van der Waals surface area contributed by atoms with Crippen molar-refractivity contribution in [3.05, 3.63) is 34.3 Å². The minimum Gasteiger partial charge on any atom is -0.345 e. The van der Waals surface area contributed by atoms with E-state index in [0.717, 1.165) is 23.7 Å². The predicted molar refractivity (Wildman–Crippen MR) is 82.7 cm³/mol. The summed E-state index contributed by atoms with van der Waals surface area (Å²) < 4.78 is 0.914. The summed E-state index contributed by atoms with van der Waals surface area (Å²) in [5.74, 6) is 1.07. The van der Waals surface area contributed by atoms with E-state index in [4.69, 9.17) is 11.6 Å². The zero-order valence-electron chi connectivity index (χ0n) is 11.1. The normalized spacial score (nSPS) is 27.0. The molecular weight excluding hydrogens is 326 g/mol. The lowest BCUT2D eigenvalue weighted by Gasteiger charge is -2.39. The van der Waals surface area contributed by atoms with E-state index in [1.54, 1.807) is 0 Å². The van der Waals surface area contributed by atoms with E-state index in [9.17, 15) is 4.79 Å². The average molecular weight is 345 g/mol. The van der Waals surface area contributed by atoms with Crippen molar-refractivity contribution in [2.75, 3.05) is 5.88 Å². The van der Waals surface area contributed by atoms with Crippen LogP contribution in [0.3, 0.4) is 0 Å². The van der Waals surface area contributed by atoms with E-state index >= 15 is 0 Å². The Labute approximate surface area is 128 Å². The zero-order chi connectivity index (χ0) is 13.9. The lowest BCUT2D eigenvalue weighted by Crippen LogP contribution is -2.52. The number of halogens is 2. The van der Waals surface area contributed by atoms with Gasteiger partial charge in [-0.2, -0.15) is 0 Å². The van der Waals surface area contributed by atoms with Gasteiger partial charge in [0.2, 0.25) is 0 Å². The van der Waals surface area contributed by atoms with Crippen molar-refractivity contribution in [2.45, 2.75) is 38.1 Å². The molecule has 2 nitrogen and oxygen atoms in total. The van der Waals surface area contributed by atoms with Crippen LogP contribution in [-0.2, 0) is 0 Å². The molecule has 19 heavy (non-hydrogen) atoms. The number of amides is 1. The maximum Gasteiger partial charge on any atom is 0.251 e. The van der Waals surface area contributed by atoms with Gasteiger partial charge < -0.3 is 5.32 Å². The SMILES string of the molecule is CC1CCCC(CCl)(NC(=O)c2cccc(Br)c2)C1. The standard InChI is InChI=1S/C15H19BrClNO/c1-11-4-3-7-15(9-11,10-17)18-14(19)12-5-2-6-13(16)8-12/h2,5-6,8,11H,3-4,7,9-10H2,1H3,(H,18,19). The number of alkyl halides is 1. The third-order valence-electron chi connectivity index (χ3n) is 3.81. The van der Waals surface area contributed by atoms with Crippen molar-refractivity contribution >= 4 is 33.4 Å². The highest BCUT2D eigenvalue weighted by atomic mass is 79.9. The third-order valence-corrected chi connectivity index (χ3v) is 4.82. The molecule has 1 aromatic carbocycles. The molecule has 1 aliphatic rings. The number of benzene rings is 1. The summed E-state index contributed by atoms with van der Waals surface area (Å²) in [6.45, 7) is 2.23. The number of nitrogens with one attached hydrogen (secondary N) is 1. The van der Waals surface area contributed by atoms with Crippen molar-refractivity contribution in [3.63, 3.8) is 0 Å². The molecule has 2 rings (SSSR count). The maximum absolute atomic E-state index is 12.3. The number of hydrogen-bond acceptors (Lipinski definition) is 1. The molecule has 1 aromatic rings. The first kappa shape index (κ1) is 14.9. The summed E-state index contributed by atoms with van der Waals surface area (Å²) in [4.78, 5) is 12.3. The van der Waals surface area contributed by atoms with Gasteiger partial charge in [0.25, 0.3) is 5.91 Å². The maximum atomic E-state index is 12.3. The van der Waals surface area contributed by atoms with Gasteiger partial charge in [0.15, 0.2) is 0 Å². The van der Waals surface area contributed by atoms with Crippen molar-refractivity contribution in [2.24, 2.45) is 5.92 Å². The van der Waals surface area contributed by atoms with E-state index in [1.807, 2.05) is 24.3 Å². The Morgan fingerprint density at radius 1 is 1.58 bits per heavy atom. The van der Waals surface area contributed by atoms with Crippen LogP contribution in [0.5, 0.6) is 0 Å². The molecule has 0 saturated heterocycles. The van der Waals surface area contributed by atoms with Gasteiger partial charge in [0, 0.05) is 15.9 Å². The Balaban J connectivity index is 2.12. The Morgan fingerprint density at radius 2 is 2.37 bits per heavy atom. The molecule has 104 valence electrons. The first-order chi connectivity index (χ1) is 9.04. The molecule has 0 bridgehead atoms. The fourth-order valence-corrected chi connectivity index (χ4v) is 3.58. The van der Waals surface area contributed by atoms with Crippen LogP contribution < -0.4 is 5.32 Å². The van der Waals surface area contributed by atoms with Crippen molar-refractivity contribution in [3.8, 4) is 0 Å². The monoisotopic (exact) mass is 343 g/mol. The molecule has 1 amide bonds. The molecule has 2 unspecified atom stereocenters. The van der Waals surface area contributed by atoms with E-state index in [0.29, 0.717) is 17.4 Å². The second kappa shape index (κ2) is 6.27. The van der Waals surface area contributed by atoms with Gasteiger partial charge in [0.05, 0.1) is 5.54 Å². The van der Waals surface area contributed by atoms with Crippen LogP contribution in [0.1, 0.15) is 43.0 Å². The highest BCUT2D eigenvalue weighted by Crippen LogP contribution is 2.33. The van der Waals surface area contributed by atoms with Crippen LogP contribution in [0.4, 0.5) is 0 Å². The van der Waals surface area contributed by atoms with Crippen molar-refractivity contribution in [1.82, 2.24) is 5.32 Å². The highest BCUT2D eigenvalue weighted by Gasteiger charge is 2.35. The zero-order valence-corrected chi connectivity index (χ0v) is 13.4. The summed E-state index contributed by atoms with van der Waals surface area (Å²) in [6.07, 6.45) is 4.30. The van der Waals surface area contributed by atoms with Crippen LogP contribution in [0, 0.1) is 5.92 Å². The number of hydrogen-bond donors (Lipinski definition) is 1. The molecule has 1 N–H and O–H groups in total. The fraction of sp³-hybridized carbons (Fsp3) is 0.533. The van der Waals surface area contributed by atoms with E-state index < -0.39 is 0 Å². The van der Waals surface area contributed by atoms with Gasteiger partial charge in [0.1, 0.15) is 0 Å². The topological polar surface area (TPSA) is 29.1 Å². The summed E-state index contributed by atoms with van der Waals surface area (Å²) in [6, 6.07) is 7.45. The first-order valence-corrected chi connectivity index (χ1v) is 8.01. The molecular formula is C15H19BrClNO. The van der Waals surface area contributed by atoms with Crippen LogP contribution in [0.25, 0.3) is 0 Å². The Hall–Kier alpha value is -0.540. The lowest BCUT2D eigenvalue weighted by molar-refractivity contribution is 0.0867. The Kier molecular flexibility index (Phi) is 4.91. The van der Waals surface area contributed by atoms with Crippen molar-refractivity contribution in [1.29, 1.82) is 0 Å². The average Bonchev–Trinajstić information content (AvgIpc) is 2.38. The van der Waals surface area contributed by atoms with Crippen LogP contribution in [0.2, 0.25) is 0 Å². The molecule has 0 heterocycles. The van der Waals surface area contributed by atoms with Gasteiger partial charge in [-0.05, 0) is 37.0 Å². The molecule has 0 spiro atoms. The smallest absolute Gasteiger partial charge is 0.251 e. The minimum atomic E-state index is -0.237. The molecule has 1 fully saturated rings. The van der Waals surface area contributed by atoms with E-state index in [2.05, 4.69) is 28.2 Å². The quantitative estimate of drug-likeness (QED) is 0.811. The molecule has 1 aliphatic carbocycles. The Morgan fingerprint density at radius 3 is 3.00 bits per heavy atom. The Bertz CT molecular complexity index is 465. The van der Waals surface area contributed by atoms with E-state index in [-0.39, 0.29) is 11.4 Å². The predicted octanol–water partition coefficient (Wildman–Crippen LogP) is 4.37. The van der Waals surface area contributed by atoms with Gasteiger partial charge in [-0.1, -0.05) is 41.8 Å². The molecule has 1 saturated carbocycles. The number of carbonyl (C=O) groups excluding carboxylic acids is 1. The second-order valence-corrected chi connectivity index (χ2v) is 6.76.